The Morgan fingerprint density at radius 1 is 1.21 bits per heavy atom. The molecule has 0 spiro atoms. The summed E-state index contributed by atoms with van der Waals surface area (Å²) in [7, 11) is 0. The molecular weight excluding hydrogens is 306 g/mol. The minimum atomic E-state index is -0.588. The number of urea groups is 1. The normalized spacial score (nSPS) is 14.8. The van der Waals surface area contributed by atoms with Crippen molar-refractivity contribution >= 4 is 28.9 Å². The number of nitrogens with zero attached hydrogens (tertiary/aromatic N) is 3. The van der Waals surface area contributed by atoms with E-state index in [4.69, 9.17) is 0 Å². The fourth-order valence-corrected chi connectivity index (χ4v) is 2.77. The Morgan fingerprint density at radius 3 is 2.71 bits per heavy atom. The first kappa shape index (κ1) is 16.3. The number of hydrogen-bond donors (Lipinski definition) is 2. The van der Waals surface area contributed by atoms with Gasteiger partial charge in [-0.2, -0.15) is 0 Å². The van der Waals surface area contributed by atoms with Gasteiger partial charge in [0.2, 0.25) is 11.9 Å². The molecule has 1 unspecified atom stereocenters. The summed E-state index contributed by atoms with van der Waals surface area (Å²) in [5.74, 6) is 0.823. The maximum Gasteiger partial charge on any atom is 0.324 e. The average molecular weight is 329 g/mol. The lowest BCUT2D eigenvalue weighted by Gasteiger charge is -2.19. The van der Waals surface area contributed by atoms with Gasteiger partial charge in [-0.05, 0) is 25.0 Å². The molecule has 2 N–H and O–H groups in total. The summed E-state index contributed by atoms with van der Waals surface area (Å²) in [5.41, 5.74) is 1.89. The van der Waals surface area contributed by atoms with Crippen molar-refractivity contribution in [1.82, 2.24) is 20.2 Å². The molecule has 7 nitrogen and oxygen atoms in total. The Labute approximate surface area is 141 Å². The van der Waals surface area contributed by atoms with Crippen LogP contribution in [0.4, 0.5) is 10.7 Å². The van der Waals surface area contributed by atoms with E-state index in [0.29, 0.717) is 31.5 Å². The molecule has 128 valence electrons. The lowest BCUT2D eigenvalue weighted by Crippen LogP contribution is -2.50. The van der Waals surface area contributed by atoms with E-state index in [1.807, 2.05) is 42.7 Å². The largest absolute Gasteiger partial charge is 0.354 e. The third-order valence-electron chi connectivity index (χ3n) is 4.09. The minimum Gasteiger partial charge on any atom is -0.354 e. The third kappa shape index (κ3) is 3.06. The van der Waals surface area contributed by atoms with Crippen LogP contribution < -0.4 is 15.5 Å². The second kappa shape index (κ2) is 6.51. The van der Waals surface area contributed by atoms with E-state index < -0.39 is 6.04 Å². The topological polar surface area (TPSA) is 79.3 Å². The Hall–Kier alpha value is -2.57. The number of para-hydroxylation sites is 2. The molecule has 0 bridgehead atoms. The molecule has 0 radical (unpaired) electrons. The van der Waals surface area contributed by atoms with Gasteiger partial charge in [0, 0.05) is 19.6 Å². The van der Waals surface area contributed by atoms with Gasteiger partial charge in [-0.3, -0.25) is 9.69 Å². The van der Waals surface area contributed by atoms with Crippen LogP contribution in [0.1, 0.15) is 20.8 Å². The van der Waals surface area contributed by atoms with E-state index in [2.05, 4.69) is 15.6 Å². The summed E-state index contributed by atoms with van der Waals surface area (Å²) in [4.78, 5) is 30.7. The average Bonchev–Trinajstić information content (AvgIpc) is 3.11. The van der Waals surface area contributed by atoms with E-state index in [1.165, 1.54) is 0 Å². The number of benzene rings is 1. The molecule has 0 saturated carbocycles. The molecule has 1 aromatic carbocycles. The summed E-state index contributed by atoms with van der Waals surface area (Å²) in [6.45, 7) is 7.60. The molecule has 1 aromatic heterocycles. The molecule has 2 heterocycles. The highest BCUT2D eigenvalue weighted by Crippen LogP contribution is 2.26. The second-order valence-electron chi connectivity index (χ2n) is 6.51. The number of imidazole rings is 1. The fourth-order valence-electron chi connectivity index (χ4n) is 2.77. The monoisotopic (exact) mass is 329 g/mol. The van der Waals surface area contributed by atoms with Crippen molar-refractivity contribution in [3.05, 3.63) is 24.3 Å². The van der Waals surface area contributed by atoms with Crippen molar-refractivity contribution < 1.29 is 9.59 Å². The van der Waals surface area contributed by atoms with Crippen LogP contribution in [0.25, 0.3) is 11.0 Å². The van der Waals surface area contributed by atoms with Crippen LogP contribution in [0.15, 0.2) is 24.3 Å². The zero-order valence-electron chi connectivity index (χ0n) is 14.2. The van der Waals surface area contributed by atoms with Crippen LogP contribution >= 0.6 is 0 Å². The lowest BCUT2D eigenvalue weighted by molar-refractivity contribution is -0.122. The number of fused-ring (bicyclic) bond motifs is 3. The highest BCUT2D eigenvalue weighted by Gasteiger charge is 2.29. The summed E-state index contributed by atoms with van der Waals surface area (Å²) >= 11 is 0. The predicted molar refractivity (Wildman–Crippen MR) is 92.9 cm³/mol. The Bertz CT molecular complexity index is 767. The van der Waals surface area contributed by atoms with Gasteiger partial charge in [-0.1, -0.05) is 26.0 Å². The molecular formula is C17H23N5O2. The van der Waals surface area contributed by atoms with Crippen molar-refractivity contribution in [2.45, 2.75) is 33.4 Å². The van der Waals surface area contributed by atoms with Crippen molar-refractivity contribution in [3.63, 3.8) is 0 Å². The van der Waals surface area contributed by atoms with Crippen molar-refractivity contribution in [1.29, 1.82) is 0 Å². The summed E-state index contributed by atoms with van der Waals surface area (Å²) < 4.78 is 2.03. The highest BCUT2D eigenvalue weighted by molar-refractivity contribution is 5.96. The standard InChI is InChI=1S/C17H23N5O2/c1-11(2)10-18-15(23)12(3)19-17(24)22-9-8-21-14-7-5-4-6-13(14)20-16(21)22/h4-7,11-12H,8-10H2,1-3H3,(H,18,23)(H,19,24). The molecule has 0 fully saturated rings. The molecule has 1 aliphatic rings. The van der Waals surface area contributed by atoms with Gasteiger partial charge in [0.25, 0.3) is 0 Å². The van der Waals surface area contributed by atoms with Gasteiger partial charge in [-0.25, -0.2) is 9.78 Å². The van der Waals surface area contributed by atoms with Crippen LogP contribution in [-0.2, 0) is 11.3 Å². The van der Waals surface area contributed by atoms with Crippen LogP contribution in [-0.4, -0.2) is 40.6 Å². The molecule has 0 aliphatic carbocycles. The number of nitrogens with one attached hydrogen (secondary N) is 2. The van der Waals surface area contributed by atoms with Crippen molar-refractivity contribution in [2.75, 3.05) is 18.0 Å². The van der Waals surface area contributed by atoms with E-state index in [9.17, 15) is 9.59 Å². The van der Waals surface area contributed by atoms with Crippen LogP contribution in [0.2, 0.25) is 0 Å². The minimum absolute atomic E-state index is 0.176. The first-order chi connectivity index (χ1) is 11.5. The SMILES string of the molecule is CC(C)CNC(=O)C(C)NC(=O)N1CCn2c1nc1ccccc12. The molecule has 1 atom stereocenters. The van der Waals surface area contributed by atoms with Gasteiger partial charge < -0.3 is 15.2 Å². The van der Waals surface area contributed by atoms with Gasteiger partial charge >= 0.3 is 6.03 Å². The van der Waals surface area contributed by atoms with Gasteiger partial charge in [0.05, 0.1) is 11.0 Å². The fraction of sp³-hybridized carbons (Fsp3) is 0.471. The van der Waals surface area contributed by atoms with Gasteiger partial charge in [0.1, 0.15) is 6.04 Å². The van der Waals surface area contributed by atoms with Crippen LogP contribution in [0.5, 0.6) is 0 Å². The summed E-state index contributed by atoms with van der Waals surface area (Å²) in [6.07, 6.45) is 0. The number of carbonyl (C=O) groups is 2. The molecule has 0 saturated heterocycles. The highest BCUT2D eigenvalue weighted by atomic mass is 16.2. The van der Waals surface area contributed by atoms with Crippen molar-refractivity contribution in [3.8, 4) is 0 Å². The number of carbonyl (C=O) groups excluding carboxylic acids is 2. The lowest BCUT2D eigenvalue weighted by atomic mass is 10.2. The van der Waals surface area contributed by atoms with Crippen LogP contribution in [0.3, 0.4) is 0 Å². The summed E-state index contributed by atoms with van der Waals surface area (Å²) in [5, 5.41) is 5.58. The smallest absolute Gasteiger partial charge is 0.324 e. The van der Waals surface area contributed by atoms with Crippen molar-refractivity contribution in [2.24, 2.45) is 5.92 Å². The first-order valence-corrected chi connectivity index (χ1v) is 8.28. The van der Waals surface area contributed by atoms with E-state index in [0.717, 1.165) is 11.0 Å². The maximum atomic E-state index is 12.5. The third-order valence-corrected chi connectivity index (χ3v) is 4.09. The zero-order chi connectivity index (χ0) is 17.3. The van der Waals surface area contributed by atoms with Gasteiger partial charge in [-0.15, -0.1) is 0 Å². The number of hydrogen-bond acceptors (Lipinski definition) is 3. The van der Waals surface area contributed by atoms with E-state index in [-0.39, 0.29) is 11.9 Å². The van der Waals surface area contributed by atoms with E-state index >= 15 is 0 Å². The number of amides is 3. The molecule has 1 aliphatic heterocycles. The molecule has 24 heavy (non-hydrogen) atoms. The number of rotatable bonds is 4. The quantitative estimate of drug-likeness (QED) is 0.896. The second-order valence-corrected chi connectivity index (χ2v) is 6.51. The first-order valence-electron chi connectivity index (χ1n) is 8.28. The van der Waals surface area contributed by atoms with E-state index in [1.54, 1.807) is 11.8 Å². The molecule has 3 rings (SSSR count). The number of anilines is 1. The maximum absolute atomic E-state index is 12.5. The molecule has 3 amide bonds. The Kier molecular flexibility index (Phi) is 4.42. The molecule has 7 heteroatoms. The Balaban J connectivity index is 1.68. The van der Waals surface area contributed by atoms with Crippen LogP contribution in [0, 0.1) is 5.92 Å². The van der Waals surface area contributed by atoms with Gasteiger partial charge in [0.15, 0.2) is 0 Å². The summed E-state index contributed by atoms with van der Waals surface area (Å²) in [6, 6.07) is 6.93. The zero-order valence-corrected chi connectivity index (χ0v) is 14.2. The molecule has 2 aromatic rings. The predicted octanol–water partition coefficient (Wildman–Crippen LogP) is 1.73. The Morgan fingerprint density at radius 2 is 1.96 bits per heavy atom. The number of aromatic nitrogens is 2.